The van der Waals surface area contributed by atoms with Crippen molar-refractivity contribution in [2.24, 2.45) is 0 Å². The van der Waals surface area contributed by atoms with Crippen LogP contribution in [-0.4, -0.2) is 26.3 Å². The number of ether oxygens (including phenoxy) is 1. The SMILES string of the molecule is CNCC1(OC)CCCCCCC1. The lowest BCUT2D eigenvalue weighted by Crippen LogP contribution is -2.41. The Hall–Kier alpha value is -0.0800. The lowest BCUT2D eigenvalue weighted by Gasteiger charge is -2.34. The summed E-state index contributed by atoms with van der Waals surface area (Å²) in [5, 5.41) is 3.25. The molecule has 1 fully saturated rings. The van der Waals surface area contributed by atoms with Crippen LogP contribution in [0.15, 0.2) is 0 Å². The van der Waals surface area contributed by atoms with Crippen LogP contribution in [0, 0.1) is 0 Å². The molecule has 2 heteroatoms. The molecule has 0 aromatic carbocycles. The number of nitrogens with one attached hydrogen (secondary N) is 1. The maximum atomic E-state index is 5.69. The summed E-state index contributed by atoms with van der Waals surface area (Å²) in [5.41, 5.74) is 0.134. The van der Waals surface area contributed by atoms with Crippen LogP contribution in [0.25, 0.3) is 0 Å². The minimum atomic E-state index is 0.134. The minimum Gasteiger partial charge on any atom is -0.377 e. The van der Waals surface area contributed by atoms with Crippen molar-refractivity contribution in [3.63, 3.8) is 0 Å². The van der Waals surface area contributed by atoms with Gasteiger partial charge in [0.25, 0.3) is 0 Å². The molecule has 1 saturated carbocycles. The van der Waals surface area contributed by atoms with Gasteiger partial charge in [-0.15, -0.1) is 0 Å². The molecule has 0 atom stereocenters. The van der Waals surface area contributed by atoms with Crippen molar-refractivity contribution in [1.82, 2.24) is 5.32 Å². The standard InChI is InChI=1S/C11H23NO/c1-12-10-11(13-2)8-6-4-3-5-7-9-11/h12H,3-10H2,1-2H3. The van der Waals surface area contributed by atoms with E-state index in [2.05, 4.69) is 5.32 Å². The minimum absolute atomic E-state index is 0.134. The van der Waals surface area contributed by atoms with Crippen molar-refractivity contribution >= 4 is 0 Å². The monoisotopic (exact) mass is 185 g/mol. The van der Waals surface area contributed by atoms with E-state index < -0.39 is 0 Å². The maximum Gasteiger partial charge on any atom is 0.0802 e. The van der Waals surface area contributed by atoms with Crippen molar-refractivity contribution in [3.8, 4) is 0 Å². The molecule has 0 spiro atoms. The highest BCUT2D eigenvalue weighted by Gasteiger charge is 2.28. The van der Waals surface area contributed by atoms with Crippen molar-refractivity contribution in [2.45, 2.75) is 50.5 Å². The second-order valence-corrected chi connectivity index (χ2v) is 4.19. The predicted molar refractivity (Wildman–Crippen MR) is 56.0 cm³/mol. The van der Waals surface area contributed by atoms with E-state index in [1.165, 1.54) is 44.9 Å². The Kier molecular flexibility index (Phi) is 4.74. The summed E-state index contributed by atoms with van der Waals surface area (Å²) in [6.45, 7) is 1.00. The van der Waals surface area contributed by atoms with E-state index in [4.69, 9.17) is 4.74 Å². The lowest BCUT2D eigenvalue weighted by molar-refractivity contribution is -0.0282. The Labute approximate surface area is 82.0 Å². The summed E-state index contributed by atoms with van der Waals surface area (Å²) in [6.07, 6.45) is 9.29. The van der Waals surface area contributed by atoms with Gasteiger partial charge in [0.1, 0.15) is 0 Å². The van der Waals surface area contributed by atoms with Crippen LogP contribution >= 0.6 is 0 Å². The first-order valence-electron chi connectivity index (χ1n) is 5.53. The zero-order chi connectivity index (χ0) is 9.57. The van der Waals surface area contributed by atoms with Crippen LogP contribution < -0.4 is 5.32 Å². The summed E-state index contributed by atoms with van der Waals surface area (Å²) in [4.78, 5) is 0. The van der Waals surface area contributed by atoms with Gasteiger partial charge in [0, 0.05) is 13.7 Å². The first-order valence-corrected chi connectivity index (χ1v) is 5.53. The van der Waals surface area contributed by atoms with E-state index in [0.717, 1.165) is 6.54 Å². The molecule has 0 heterocycles. The van der Waals surface area contributed by atoms with Crippen molar-refractivity contribution in [3.05, 3.63) is 0 Å². The molecule has 0 radical (unpaired) electrons. The highest BCUT2D eigenvalue weighted by atomic mass is 16.5. The van der Waals surface area contributed by atoms with Crippen LogP contribution in [-0.2, 0) is 4.74 Å². The molecule has 1 rings (SSSR count). The molecule has 0 aromatic rings. The molecule has 0 aromatic heterocycles. The molecule has 0 bridgehead atoms. The van der Waals surface area contributed by atoms with Crippen molar-refractivity contribution < 1.29 is 4.74 Å². The summed E-state index contributed by atoms with van der Waals surface area (Å²) in [6, 6.07) is 0. The third kappa shape index (κ3) is 3.28. The Morgan fingerprint density at radius 2 is 1.62 bits per heavy atom. The van der Waals surface area contributed by atoms with Gasteiger partial charge in [0.2, 0.25) is 0 Å². The van der Waals surface area contributed by atoms with Gasteiger partial charge in [0.05, 0.1) is 5.60 Å². The lowest BCUT2D eigenvalue weighted by atomic mass is 9.87. The number of hydrogen-bond acceptors (Lipinski definition) is 2. The number of hydrogen-bond donors (Lipinski definition) is 1. The van der Waals surface area contributed by atoms with Crippen LogP contribution in [0.4, 0.5) is 0 Å². The molecule has 0 aliphatic heterocycles. The number of rotatable bonds is 3. The molecule has 1 aliphatic rings. The van der Waals surface area contributed by atoms with Crippen molar-refractivity contribution in [1.29, 1.82) is 0 Å². The maximum absolute atomic E-state index is 5.69. The quantitative estimate of drug-likeness (QED) is 0.728. The summed E-state index contributed by atoms with van der Waals surface area (Å²) < 4.78 is 5.69. The zero-order valence-corrected chi connectivity index (χ0v) is 9.07. The molecule has 0 unspecified atom stereocenters. The largest absolute Gasteiger partial charge is 0.377 e. The molecule has 1 N–H and O–H groups in total. The molecule has 78 valence electrons. The summed E-state index contributed by atoms with van der Waals surface area (Å²) in [7, 11) is 3.87. The van der Waals surface area contributed by atoms with Gasteiger partial charge in [-0.1, -0.05) is 32.1 Å². The molecule has 0 amide bonds. The van der Waals surface area contributed by atoms with E-state index in [0.29, 0.717) is 0 Å². The van der Waals surface area contributed by atoms with Gasteiger partial charge in [-0.3, -0.25) is 0 Å². The molecular formula is C11H23NO. The highest BCUT2D eigenvalue weighted by molar-refractivity contribution is 4.83. The topological polar surface area (TPSA) is 21.3 Å². The van der Waals surface area contributed by atoms with Gasteiger partial charge in [-0.2, -0.15) is 0 Å². The molecular weight excluding hydrogens is 162 g/mol. The van der Waals surface area contributed by atoms with Gasteiger partial charge in [-0.05, 0) is 19.9 Å². The van der Waals surface area contributed by atoms with Crippen molar-refractivity contribution in [2.75, 3.05) is 20.7 Å². The first kappa shape index (κ1) is 11.0. The van der Waals surface area contributed by atoms with E-state index in [1.807, 2.05) is 14.2 Å². The van der Waals surface area contributed by atoms with Crippen LogP contribution in [0.1, 0.15) is 44.9 Å². The molecule has 1 aliphatic carbocycles. The third-order valence-corrected chi connectivity index (χ3v) is 3.20. The Morgan fingerprint density at radius 1 is 1.08 bits per heavy atom. The smallest absolute Gasteiger partial charge is 0.0802 e. The molecule has 2 nitrogen and oxygen atoms in total. The Bertz CT molecular complexity index is 128. The molecule has 13 heavy (non-hydrogen) atoms. The zero-order valence-electron chi connectivity index (χ0n) is 9.07. The first-order chi connectivity index (χ1) is 6.33. The average molecular weight is 185 g/mol. The average Bonchev–Trinajstić information content (AvgIpc) is 2.10. The van der Waals surface area contributed by atoms with Crippen LogP contribution in [0.2, 0.25) is 0 Å². The normalized spacial score (nSPS) is 23.5. The van der Waals surface area contributed by atoms with E-state index >= 15 is 0 Å². The second kappa shape index (κ2) is 5.61. The fraction of sp³-hybridized carbons (Fsp3) is 1.00. The Morgan fingerprint density at radius 3 is 2.08 bits per heavy atom. The fourth-order valence-corrected chi connectivity index (χ4v) is 2.32. The predicted octanol–water partition coefficient (Wildman–Crippen LogP) is 2.34. The number of likely N-dealkylation sites (N-methyl/N-ethyl adjacent to an activating group) is 1. The van der Waals surface area contributed by atoms with E-state index in [1.54, 1.807) is 0 Å². The summed E-state index contributed by atoms with van der Waals surface area (Å²) >= 11 is 0. The van der Waals surface area contributed by atoms with Gasteiger partial charge in [0.15, 0.2) is 0 Å². The highest BCUT2D eigenvalue weighted by Crippen LogP contribution is 2.28. The van der Waals surface area contributed by atoms with E-state index in [9.17, 15) is 0 Å². The molecule has 0 saturated heterocycles. The van der Waals surface area contributed by atoms with Crippen LogP contribution in [0.5, 0.6) is 0 Å². The van der Waals surface area contributed by atoms with Gasteiger partial charge < -0.3 is 10.1 Å². The van der Waals surface area contributed by atoms with Crippen LogP contribution in [0.3, 0.4) is 0 Å². The third-order valence-electron chi connectivity index (χ3n) is 3.20. The second-order valence-electron chi connectivity index (χ2n) is 4.19. The summed E-state index contributed by atoms with van der Waals surface area (Å²) in [5.74, 6) is 0. The van der Waals surface area contributed by atoms with Gasteiger partial charge >= 0.3 is 0 Å². The number of methoxy groups -OCH3 is 1. The van der Waals surface area contributed by atoms with Gasteiger partial charge in [-0.25, -0.2) is 0 Å². The fourth-order valence-electron chi connectivity index (χ4n) is 2.32. The van der Waals surface area contributed by atoms with E-state index in [-0.39, 0.29) is 5.60 Å². The Balaban J connectivity index is 2.47.